The highest BCUT2D eigenvalue weighted by molar-refractivity contribution is 6.03. The lowest BCUT2D eigenvalue weighted by molar-refractivity contribution is -0.138. The smallest absolute Gasteiger partial charge is 0.303 e. The monoisotopic (exact) mass is 292 g/mol. The van der Waals surface area contributed by atoms with Crippen LogP contribution in [0.25, 0.3) is 0 Å². The Morgan fingerprint density at radius 2 is 1.81 bits per heavy atom. The molecule has 0 radical (unpaired) electrons. The van der Waals surface area contributed by atoms with Crippen LogP contribution < -0.4 is 5.32 Å². The molecule has 1 aromatic carbocycles. The molecule has 6 heteroatoms. The van der Waals surface area contributed by atoms with Crippen molar-refractivity contribution in [3.05, 3.63) is 29.8 Å². The van der Waals surface area contributed by atoms with Crippen LogP contribution in [0.5, 0.6) is 0 Å². The van der Waals surface area contributed by atoms with E-state index in [1.165, 1.54) is 4.90 Å². The molecular weight excluding hydrogens is 272 g/mol. The molecular formula is C15H20N2O4. The van der Waals surface area contributed by atoms with Crippen LogP contribution in [-0.2, 0) is 9.59 Å². The zero-order valence-electron chi connectivity index (χ0n) is 12.4. The van der Waals surface area contributed by atoms with E-state index < -0.39 is 5.97 Å². The number of anilines is 1. The molecule has 0 aromatic heterocycles. The van der Waals surface area contributed by atoms with Gasteiger partial charge >= 0.3 is 5.97 Å². The first-order valence-electron chi connectivity index (χ1n) is 6.63. The van der Waals surface area contributed by atoms with Crippen LogP contribution in [0.4, 0.5) is 5.69 Å². The number of nitrogens with one attached hydrogen (secondary N) is 1. The largest absolute Gasteiger partial charge is 0.481 e. The van der Waals surface area contributed by atoms with Gasteiger partial charge in [-0.2, -0.15) is 0 Å². The van der Waals surface area contributed by atoms with Crippen molar-refractivity contribution in [3.63, 3.8) is 0 Å². The van der Waals surface area contributed by atoms with Crippen LogP contribution >= 0.6 is 0 Å². The zero-order chi connectivity index (χ0) is 16.0. The predicted molar refractivity (Wildman–Crippen MR) is 79.1 cm³/mol. The minimum Gasteiger partial charge on any atom is -0.481 e. The zero-order valence-corrected chi connectivity index (χ0v) is 12.4. The van der Waals surface area contributed by atoms with Gasteiger partial charge in [0.2, 0.25) is 5.91 Å². The maximum absolute atomic E-state index is 12.0. The molecule has 2 N–H and O–H groups in total. The summed E-state index contributed by atoms with van der Waals surface area (Å²) in [5, 5.41) is 11.4. The number of aliphatic carboxylic acids is 1. The van der Waals surface area contributed by atoms with Crippen LogP contribution in [0.2, 0.25) is 0 Å². The summed E-state index contributed by atoms with van der Waals surface area (Å²) in [5.74, 6) is -1.70. The first-order valence-corrected chi connectivity index (χ1v) is 6.63. The summed E-state index contributed by atoms with van der Waals surface area (Å²) < 4.78 is 0. The van der Waals surface area contributed by atoms with Crippen molar-refractivity contribution in [2.45, 2.75) is 19.8 Å². The van der Waals surface area contributed by atoms with E-state index in [9.17, 15) is 14.4 Å². The number of benzene rings is 1. The number of carbonyl (C=O) groups is 3. The number of hydrogen-bond donors (Lipinski definition) is 2. The van der Waals surface area contributed by atoms with Crippen molar-refractivity contribution < 1.29 is 19.5 Å². The maximum Gasteiger partial charge on any atom is 0.303 e. The molecule has 1 aromatic rings. The maximum atomic E-state index is 12.0. The minimum atomic E-state index is -0.932. The van der Waals surface area contributed by atoms with E-state index in [1.54, 1.807) is 45.3 Å². The summed E-state index contributed by atoms with van der Waals surface area (Å²) in [7, 11) is 3.27. The van der Waals surface area contributed by atoms with Gasteiger partial charge < -0.3 is 15.3 Å². The highest BCUT2D eigenvalue weighted by atomic mass is 16.4. The van der Waals surface area contributed by atoms with Crippen molar-refractivity contribution >= 4 is 23.5 Å². The fraction of sp³-hybridized carbons (Fsp3) is 0.400. The lowest BCUT2D eigenvalue weighted by Gasteiger charge is -2.15. The van der Waals surface area contributed by atoms with E-state index >= 15 is 0 Å². The van der Waals surface area contributed by atoms with Gasteiger partial charge in [-0.25, -0.2) is 0 Å². The van der Waals surface area contributed by atoms with Crippen molar-refractivity contribution in [1.82, 2.24) is 4.90 Å². The minimum absolute atomic E-state index is 0.0638. The Hall–Kier alpha value is -2.37. The number of amides is 2. The second-order valence-corrected chi connectivity index (χ2v) is 5.20. The lowest BCUT2D eigenvalue weighted by atomic mass is 10.0. The molecule has 1 atom stereocenters. The van der Waals surface area contributed by atoms with E-state index in [0.29, 0.717) is 11.3 Å². The Bertz CT molecular complexity index is 540. The third kappa shape index (κ3) is 5.25. The fourth-order valence-corrected chi connectivity index (χ4v) is 1.91. The second-order valence-electron chi connectivity index (χ2n) is 5.20. The summed E-state index contributed by atoms with van der Waals surface area (Å²) in [6.07, 6.45) is 0.0302. The first-order chi connectivity index (χ1) is 9.81. The lowest BCUT2D eigenvalue weighted by Crippen LogP contribution is -2.24. The normalized spacial score (nSPS) is 11.6. The predicted octanol–water partition coefficient (Wildman–Crippen LogP) is 1.83. The van der Waals surface area contributed by atoms with Crippen molar-refractivity contribution in [2.75, 3.05) is 19.4 Å². The van der Waals surface area contributed by atoms with Gasteiger partial charge in [0, 0.05) is 26.9 Å². The summed E-state index contributed by atoms with van der Waals surface area (Å²) in [4.78, 5) is 35.9. The van der Waals surface area contributed by atoms with Gasteiger partial charge in [-0.1, -0.05) is 19.1 Å². The molecule has 114 valence electrons. The molecule has 0 fully saturated rings. The highest BCUT2D eigenvalue weighted by Gasteiger charge is 2.16. The molecule has 0 bridgehead atoms. The molecule has 0 aliphatic rings. The molecule has 0 heterocycles. The number of nitrogens with zero attached hydrogens (tertiary/aromatic N) is 1. The van der Waals surface area contributed by atoms with Gasteiger partial charge in [0.25, 0.3) is 5.91 Å². The van der Waals surface area contributed by atoms with Crippen molar-refractivity contribution in [3.8, 4) is 0 Å². The number of carbonyl (C=O) groups excluding carboxylic acids is 2. The molecule has 0 aliphatic heterocycles. The molecule has 1 unspecified atom stereocenters. The number of hydrogen-bond acceptors (Lipinski definition) is 3. The van der Waals surface area contributed by atoms with Crippen LogP contribution in [0.3, 0.4) is 0 Å². The van der Waals surface area contributed by atoms with Gasteiger partial charge in [-0.3, -0.25) is 14.4 Å². The topological polar surface area (TPSA) is 86.7 Å². The SMILES string of the molecule is CC(CC(=O)O)CC(=O)Nc1ccccc1C(=O)N(C)C. The molecule has 0 saturated heterocycles. The Morgan fingerprint density at radius 1 is 1.19 bits per heavy atom. The summed E-state index contributed by atoms with van der Waals surface area (Å²) >= 11 is 0. The summed E-state index contributed by atoms with van der Waals surface area (Å²) in [5.41, 5.74) is 0.838. The Balaban J connectivity index is 2.77. The van der Waals surface area contributed by atoms with Crippen LogP contribution in [0, 0.1) is 5.92 Å². The van der Waals surface area contributed by atoms with E-state index in [4.69, 9.17) is 5.11 Å². The quantitative estimate of drug-likeness (QED) is 0.837. The van der Waals surface area contributed by atoms with Gasteiger partial charge in [0.05, 0.1) is 11.3 Å². The molecule has 1 rings (SSSR count). The Kier molecular flexibility index (Phi) is 5.90. The first kappa shape index (κ1) is 16.7. The molecule has 0 spiro atoms. The van der Waals surface area contributed by atoms with Crippen LogP contribution in [-0.4, -0.2) is 41.9 Å². The van der Waals surface area contributed by atoms with E-state index in [2.05, 4.69) is 5.32 Å². The van der Waals surface area contributed by atoms with Gasteiger partial charge in [-0.15, -0.1) is 0 Å². The van der Waals surface area contributed by atoms with Gasteiger partial charge in [0.15, 0.2) is 0 Å². The third-order valence-corrected chi connectivity index (χ3v) is 2.89. The Labute approximate surface area is 123 Å². The molecule has 0 saturated carbocycles. The average molecular weight is 292 g/mol. The molecule has 2 amide bonds. The average Bonchev–Trinajstić information content (AvgIpc) is 2.37. The van der Waals surface area contributed by atoms with E-state index in [0.717, 1.165) is 0 Å². The third-order valence-electron chi connectivity index (χ3n) is 2.89. The van der Waals surface area contributed by atoms with Crippen molar-refractivity contribution in [1.29, 1.82) is 0 Å². The fourth-order valence-electron chi connectivity index (χ4n) is 1.91. The Morgan fingerprint density at radius 3 is 2.38 bits per heavy atom. The number of para-hydroxylation sites is 1. The van der Waals surface area contributed by atoms with E-state index in [-0.39, 0.29) is 30.6 Å². The van der Waals surface area contributed by atoms with Crippen LogP contribution in [0.1, 0.15) is 30.1 Å². The molecule has 0 aliphatic carbocycles. The van der Waals surface area contributed by atoms with Gasteiger partial charge in [0.1, 0.15) is 0 Å². The highest BCUT2D eigenvalue weighted by Crippen LogP contribution is 2.18. The standard InChI is InChI=1S/C15H20N2O4/c1-10(9-14(19)20)8-13(18)16-12-7-5-4-6-11(12)15(21)17(2)3/h4-7,10H,8-9H2,1-3H3,(H,16,18)(H,19,20). The van der Waals surface area contributed by atoms with Crippen LogP contribution in [0.15, 0.2) is 24.3 Å². The second kappa shape index (κ2) is 7.42. The molecule has 21 heavy (non-hydrogen) atoms. The van der Waals surface area contributed by atoms with Crippen molar-refractivity contribution in [2.24, 2.45) is 5.92 Å². The summed E-state index contributed by atoms with van der Waals surface area (Å²) in [6, 6.07) is 6.73. The summed E-state index contributed by atoms with van der Waals surface area (Å²) in [6.45, 7) is 1.70. The number of rotatable bonds is 6. The van der Waals surface area contributed by atoms with Gasteiger partial charge in [-0.05, 0) is 18.1 Å². The molecule has 6 nitrogen and oxygen atoms in total. The number of carboxylic acid groups (broad SMARTS) is 1. The van der Waals surface area contributed by atoms with E-state index in [1.807, 2.05) is 0 Å². The number of carboxylic acids is 1.